The lowest BCUT2D eigenvalue weighted by Crippen LogP contribution is -2.35. The number of ether oxygens (including phenoxy) is 1. The average Bonchev–Trinajstić information content (AvgIpc) is 2.94. The van der Waals surface area contributed by atoms with E-state index in [9.17, 15) is 9.59 Å². The van der Waals surface area contributed by atoms with Crippen molar-refractivity contribution < 1.29 is 19.4 Å². The fraction of sp³-hybridized carbons (Fsp3) is 0.455. The van der Waals surface area contributed by atoms with Crippen molar-refractivity contribution in [1.82, 2.24) is 5.32 Å². The maximum Gasteiger partial charge on any atom is 0.332 e. The van der Waals surface area contributed by atoms with Crippen molar-refractivity contribution in [2.24, 2.45) is 0 Å². The van der Waals surface area contributed by atoms with Crippen LogP contribution < -0.4 is 5.32 Å². The molecule has 1 amide bonds. The molecule has 0 aromatic carbocycles. The summed E-state index contributed by atoms with van der Waals surface area (Å²) in [6.07, 6.45) is -0.652. The minimum absolute atomic E-state index is 0.247. The van der Waals surface area contributed by atoms with E-state index in [0.717, 1.165) is 8.66 Å². The molecule has 0 spiro atoms. The zero-order valence-corrected chi connectivity index (χ0v) is 11.8. The van der Waals surface area contributed by atoms with Crippen molar-refractivity contribution in [3.63, 3.8) is 0 Å². The Kier molecular flexibility index (Phi) is 4.36. The quantitative estimate of drug-likeness (QED) is 0.880. The van der Waals surface area contributed by atoms with Crippen LogP contribution in [0.25, 0.3) is 0 Å². The number of halogens is 1. The fourth-order valence-electron chi connectivity index (χ4n) is 1.75. The molecule has 0 aliphatic carbocycles. The lowest BCUT2D eigenvalue weighted by Gasteiger charge is -2.11. The molecule has 1 aromatic rings. The van der Waals surface area contributed by atoms with Gasteiger partial charge in [-0.2, -0.15) is 0 Å². The first-order chi connectivity index (χ1) is 8.56. The second-order valence-corrected chi connectivity index (χ2v) is 6.50. The molecular weight excluding hydrogens is 322 g/mol. The first-order valence-electron chi connectivity index (χ1n) is 5.46. The van der Waals surface area contributed by atoms with E-state index in [4.69, 9.17) is 9.84 Å². The van der Waals surface area contributed by atoms with Gasteiger partial charge in [0, 0.05) is 4.88 Å². The number of nitrogens with one attached hydrogen (secondary N) is 1. The van der Waals surface area contributed by atoms with Gasteiger partial charge >= 0.3 is 5.97 Å². The Balaban J connectivity index is 1.80. The molecule has 0 radical (unpaired) electrons. The third-order valence-electron chi connectivity index (χ3n) is 2.65. The van der Waals surface area contributed by atoms with Crippen LogP contribution in [0.1, 0.15) is 17.7 Å². The van der Waals surface area contributed by atoms with E-state index in [1.54, 1.807) is 11.3 Å². The van der Waals surface area contributed by atoms with Gasteiger partial charge in [0.1, 0.15) is 6.10 Å². The summed E-state index contributed by atoms with van der Waals surface area (Å²) in [6.45, 7) is 0.437. The Morgan fingerprint density at radius 2 is 2.17 bits per heavy atom. The first-order valence-corrected chi connectivity index (χ1v) is 7.07. The zero-order valence-electron chi connectivity index (χ0n) is 9.39. The third kappa shape index (κ3) is 3.30. The van der Waals surface area contributed by atoms with Crippen molar-refractivity contribution in [2.75, 3.05) is 0 Å². The van der Waals surface area contributed by atoms with E-state index in [0.29, 0.717) is 19.4 Å². The zero-order chi connectivity index (χ0) is 13.1. The number of hydrogen-bond donors (Lipinski definition) is 2. The number of carboxylic acids is 1. The van der Waals surface area contributed by atoms with Gasteiger partial charge in [0.2, 0.25) is 5.91 Å². The number of thiophene rings is 1. The van der Waals surface area contributed by atoms with Crippen molar-refractivity contribution in [3.8, 4) is 0 Å². The van der Waals surface area contributed by atoms with E-state index in [-0.39, 0.29) is 5.91 Å². The highest BCUT2D eigenvalue weighted by atomic mass is 79.9. The molecule has 1 aliphatic heterocycles. The van der Waals surface area contributed by atoms with E-state index < -0.39 is 18.2 Å². The van der Waals surface area contributed by atoms with Gasteiger partial charge in [0.15, 0.2) is 6.10 Å². The highest BCUT2D eigenvalue weighted by Gasteiger charge is 2.34. The first kappa shape index (κ1) is 13.5. The Hall–Kier alpha value is -0.920. The summed E-state index contributed by atoms with van der Waals surface area (Å²) in [4.78, 5) is 23.5. The van der Waals surface area contributed by atoms with Crippen LogP contribution in [0.5, 0.6) is 0 Å². The summed E-state index contributed by atoms with van der Waals surface area (Å²) in [5.41, 5.74) is 0. The number of hydrogen-bond acceptors (Lipinski definition) is 4. The van der Waals surface area contributed by atoms with E-state index in [1.807, 2.05) is 12.1 Å². The van der Waals surface area contributed by atoms with Crippen LogP contribution in [0.2, 0.25) is 0 Å². The van der Waals surface area contributed by atoms with E-state index in [1.165, 1.54) is 0 Å². The largest absolute Gasteiger partial charge is 0.479 e. The molecule has 2 rings (SSSR count). The fourth-order valence-corrected chi connectivity index (χ4v) is 3.17. The number of carbonyl (C=O) groups excluding carboxylic acids is 1. The summed E-state index contributed by atoms with van der Waals surface area (Å²) in [5, 5.41) is 11.5. The van der Waals surface area contributed by atoms with Crippen LogP contribution in [0.3, 0.4) is 0 Å². The van der Waals surface area contributed by atoms with Gasteiger partial charge in [-0.25, -0.2) is 4.79 Å². The van der Waals surface area contributed by atoms with Crippen LogP contribution in [-0.4, -0.2) is 29.2 Å². The molecule has 18 heavy (non-hydrogen) atoms. The Labute approximate surface area is 116 Å². The van der Waals surface area contributed by atoms with Gasteiger partial charge in [-0.3, -0.25) is 4.79 Å². The van der Waals surface area contributed by atoms with Gasteiger partial charge in [0.25, 0.3) is 0 Å². The molecule has 1 saturated heterocycles. The Morgan fingerprint density at radius 1 is 1.44 bits per heavy atom. The van der Waals surface area contributed by atoms with Gasteiger partial charge in [-0.15, -0.1) is 11.3 Å². The monoisotopic (exact) mass is 333 g/mol. The highest BCUT2D eigenvalue weighted by Crippen LogP contribution is 2.23. The van der Waals surface area contributed by atoms with Crippen molar-refractivity contribution in [2.45, 2.75) is 31.6 Å². The van der Waals surface area contributed by atoms with Crippen molar-refractivity contribution in [3.05, 3.63) is 20.8 Å². The summed E-state index contributed by atoms with van der Waals surface area (Å²) < 4.78 is 6.17. The number of rotatable bonds is 4. The molecule has 2 unspecified atom stereocenters. The molecule has 0 bridgehead atoms. The summed E-state index contributed by atoms with van der Waals surface area (Å²) >= 11 is 4.89. The molecule has 2 atom stereocenters. The summed E-state index contributed by atoms with van der Waals surface area (Å²) in [7, 11) is 0. The second kappa shape index (κ2) is 5.81. The molecule has 1 aliphatic rings. The molecule has 0 saturated carbocycles. The van der Waals surface area contributed by atoms with Crippen LogP contribution in [0, 0.1) is 0 Å². The normalized spacial score (nSPS) is 22.9. The number of amides is 1. The third-order valence-corrected chi connectivity index (χ3v) is 4.28. The van der Waals surface area contributed by atoms with Crippen LogP contribution in [-0.2, 0) is 20.9 Å². The molecule has 2 N–H and O–H groups in total. The molecule has 1 fully saturated rings. The average molecular weight is 334 g/mol. The maximum atomic E-state index is 11.8. The van der Waals surface area contributed by atoms with Gasteiger partial charge in [-0.1, -0.05) is 0 Å². The molecule has 2 heterocycles. The highest BCUT2D eigenvalue weighted by molar-refractivity contribution is 9.11. The molecule has 7 heteroatoms. The van der Waals surface area contributed by atoms with Gasteiger partial charge < -0.3 is 15.2 Å². The van der Waals surface area contributed by atoms with Crippen LogP contribution >= 0.6 is 27.3 Å². The van der Waals surface area contributed by atoms with Crippen LogP contribution in [0.15, 0.2) is 15.9 Å². The Bertz CT molecular complexity index is 462. The topological polar surface area (TPSA) is 75.6 Å². The smallest absolute Gasteiger partial charge is 0.332 e. The van der Waals surface area contributed by atoms with Gasteiger partial charge in [0.05, 0.1) is 10.3 Å². The van der Waals surface area contributed by atoms with Crippen molar-refractivity contribution in [1.29, 1.82) is 0 Å². The maximum absolute atomic E-state index is 11.8. The predicted octanol–water partition coefficient (Wildman–Crippen LogP) is 1.76. The Morgan fingerprint density at radius 3 is 2.72 bits per heavy atom. The molecular formula is C11H12BrNO4S. The SMILES string of the molecule is O=C(O)C1CCC(C(=O)NCc2ccc(Br)s2)O1. The van der Waals surface area contributed by atoms with Gasteiger partial charge in [-0.05, 0) is 40.9 Å². The number of aliphatic carboxylic acids is 1. The number of carbonyl (C=O) groups is 2. The second-order valence-electron chi connectivity index (χ2n) is 3.95. The molecule has 98 valence electrons. The van der Waals surface area contributed by atoms with E-state index in [2.05, 4.69) is 21.2 Å². The lowest BCUT2D eigenvalue weighted by molar-refractivity contribution is -0.151. The van der Waals surface area contributed by atoms with Crippen LogP contribution in [0.4, 0.5) is 0 Å². The minimum Gasteiger partial charge on any atom is -0.479 e. The van der Waals surface area contributed by atoms with Crippen molar-refractivity contribution >= 4 is 39.1 Å². The lowest BCUT2D eigenvalue weighted by atomic mass is 10.2. The van der Waals surface area contributed by atoms with E-state index >= 15 is 0 Å². The molecule has 1 aromatic heterocycles. The molecule has 5 nitrogen and oxygen atoms in total. The standard InChI is InChI=1S/C11H12BrNO4S/c12-9-4-1-6(18-9)5-13-10(14)7-2-3-8(17-7)11(15)16/h1,4,7-8H,2-3,5H2,(H,13,14)(H,15,16). The summed E-state index contributed by atoms with van der Waals surface area (Å²) in [5.74, 6) is -1.25. The predicted molar refractivity (Wildman–Crippen MR) is 69.4 cm³/mol. The minimum atomic E-state index is -1.01. The summed E-state index contributed by atoms with van der Waals surface area (Å²) in [6, 6.07) is 3.84. The number of carboxylic acid groups (broad SMARTS) is 1.